The van der Waals surface area contributed by atoms with E-state index >= 15 is 0 Å². The van der Waals surface area contributed by atoms with Crippen LogP contribution < -0.4 is 0 Å². The van der Waals surface area contributed by atoms with Crippen molar-refractivity contribution in [2.75, 3.05) is 6.61 Å². The van der Waals surface area contributed by atoms with Crippen molar-refractivity contribution in [3.05, 3.63) is 19.2 Å². The molecule has 0 spiro atoms. The number of nitrogens with one attached hydrogen (secondary N) is 1. The molecule has 1 aromatic rings. The molecule has 72 valence electrons. The van der Waals surface area contributed by atoms with E-state index in [9.17, 15) is 4.79 Å². The molecule has 1 aromatic heterocycles. The van der Waals surface area contributed by atoms with Gasteiger partial charge in [-0.15, -0.1) is 0 Å². The molecule has 0 unspecified atom stereocenters. The van der Waals surface area contributed by atoms with Gasteiger partial charge < -0.3 is 9.72 Å². The summed E-state index contributed by atoms with van der Waals surface area (Å²) in [6.45, 7) is 2.12. The maximum Gasteiger partial charge on any atom is 0.355 e. The summed E-state index contributed by atoms with van der Waals surface area (Å²) in [5, 5.41) is 0. The molecule has 0 saturated heterocycles. The normalized spacial score (nSPS) is 10.2. The number of aromatic nitrogens is 1. The Kier molecular flexibility index (Phi) is 4.00. The Balaban J connectivity index is 3.01. The van der Waals surface area contributed by atoms with Gasteiger partial charge in [0.05, 0.1) is 20.2 Å². The van der Waals surface area contributed by atoms with Gasteiger partial charge in [-0.05, 0) is 54.7 Å². The van der Waals surface area contributed by atoms with E-state index in [1.165, 1.54) is 0 Å². The van der Waals surface area contributed by atoms with Gasteiger partial charge in [0.15, 0.2) is 0 Å². The first-order valence-corrected chi connectivity index (χ1v) is 5.85. The van der Waals surface area contributed by atoms with Gasteiger partial charge in [-0.1, -0.05) is 0 Å². The predicted molar refractivity (Wildman–Crippen MR) is 59.8 cm³/mol. The molecule has 0 fully saturated rings. The Morgan fingerprint density at radius 3 is 2.38 bits per heavy atom. The first-order valence-electron chi connectivity index (χ1n) is 3.47. The molecular formula is C7H6Br3NO2. The van der Waals surface area contributed by atoms with Gasteiger partial charge in [0.25, 0.3) is 0 Å². The van der Waals surface area contributed by atoms with Crippen molar-refractivity contribution in [3.63, 3.8) is 0 Å². The maximum absolute atomic E-state index is 11.3. The number of hydrogen-bond acceptors (Lipinski definition) is 2. The average Bonchev–Trinajstić information content (AvgIpc) is 2.33. The van der Waals surface area contributed by atoms with Gasteiger partial charge in [-0.3, -0.25) is 0 Å². The molecule has 0 aromatic carbocycles. The third-order valence-corrected chi connectivity index (χ3v) is 4.56. The van der Waals surface area contributed by atoms with Crippen LogP contribution in [0.25, 0.3) is 0 Å². The van der Waals surface area contributed by atoms with Crippen molar-refractivity contribution in [3.8, 4) is 0 Å². The number of esters is 1. The molecule has 1 N–H and O–H groups in total. The Bertz CT molecular complexity index is 335. The summed E-state index contributed by atoms with van der Waals surface area (Å²) >= 11 is 9.80. The van der Waals surface area contributed by atoms with Crippen molar-refractivity contribution >= 4 is 53.8 Å². The third-order valence-electron chi connectivity index (χ3n) is 1.32. The van der Waals surface area contributed by atoms with Crippen LogP contribution in [-0.2, 0) is 4.74 Å². The number of carbonyl (C=O) groups excluding carboxylic acids is 1. The summed E-state index contributed by atoms with van der Waals surface area (Å²) in [6, 6.07) is 0. The fraction of sp³-hybridized carbons (Fsp3) is 0.286. The lowest BCUT2D eigenvalue weighted by Gasteiger charge is -1.98. The Morgan fingerprint density at radius 1 is 1.38 bits per heavy atom. The molecule has 3 nitrogen and oxygen atoms in total. The van der Waals surface area contributed by atoms with Gasteiger partial charge in [0.2, 0.25) is 0 Å². The molecule has 0 atom stereocenters. The van der Waals surface area contributed by atoms with Crippen LogP contribution in [0.3, 0.4) is 0 Å². The van der Waals surface area contributed by atoms with Crippen LogP contribution in [-0.4, -0.2) is 17.6 Å². The fourth-order valence-electron chi connectivity index (χ4n) is 0.769. The van der Waals surface area contributed by atoms with Gasteiger partial charge >= 0.3 is 5.97 Å². The summed E-state index contributed by atoms with van der Waals surface area (Å²) in [6.07, 6.45) is 0. The Hall–Kier alpha value is 0.190. The number of H-pyrrole nitrogens is 1. The number of halogens is 3. The fourth-order valence-corrected chi connectivity index (χ4v) is 2.19. The lowest BCUT2D eigenvalue weighted by Crippen LogP contribution is -2.05. The minimum absolute atomic E-state index is 0.361. The van der Waals surface area contributed by atoms with Crippen molar-refractivity contribution < 1.29 is 9.53 Å². The highest BCUT2D eigenvalue weighted by molar-refractivity contribution is 9.14. The minimum atomic E-state index is -0.374. The molecule has 1 heterocycles. The smallest absolute Gasteiger partial charge is 0.355 e. The molecule has 0 aliphatic rings. The lowest BCUT2D eigenvalue weighted by atomic mass is 10.4. The Labute approximate surface area is 101 Å². The topological polar surface area (TPSA) is 42.1 Å². The number of rotatable bonds is 2. The summed E-state index contributed by atoms with van der Waals surface area (Å²) in [4.78, 5) is 14.2. The van der Waals surface area contributed by atoms with Crippen molar-refractivity contribution in [1.29, 1.82) is 0 Å². The second kappa shape index (κ2) is 4.61. The molecule has 0 aliphatic carbocycles. The van der Waals surface area contributed by atoms with Crippen LogP contribution in [0, 0.1) is 0 Å². The average molecular weight is 376 g/mol. The number of aromatic amines is 1. The summed E-state index contributed by atoms with van der Waals surface area (Å²) < 4.78 is 6.98. The standard InChI is InChI=1S/C7H6Br3NO2/c1-2-13-7(12)5-3(8)4(9)6(10)11-5/h11H,2H2,1H3. The van der Waals surface area contributed by atoms with E-state index in [1.54, 1.807) is 6.92 Å². The maximum atomic E-state index is 11.3. The zero-order valence-electron chi connectivity index (χ0n) is 6.66. The van der Waals surface area contributed by atoms with Crippen LogP contribution in [0.15, 0.2) is 13.5 Å². The van der Waals surface area contributed by atoms with Gasteiger partial charge in [0, 0.05) is 0 Å². The van der Waals surface area contributed by atoms with E-state index in [4.69, 9.17) is 4.74 Å². The van der Waals surface area contributed by atoms with E-state index in [0.29, 0.717) is 21.4 Å². The summed E-state index contributed by atoms with van der Waals surface area (Å²) in [5.41, 5.74) is 0.403. The SMILES string of the molecule is CCOC(=O)c1[nH]c(Br)c(Br)c1Br. The molecule has 0 radical (unpaired) electrons. The third kappa shape index (κ3) is 2.35. The predicted octanol–water partition coefficient (Wildman–Crippen LogP) is 3.48. The second-order valence-corrected chi connectivity index (χ2v) is 4.54. The second-order valence-electron chi connectivity index (χ2n) is 2.16. The Morgan fingerprint density at radius 2 is 2.00 bits per heavy atom. The van der Waals surface area contributed by atoms with Crippen LogP contribution >= 0.6 is 47.8 Å². The van der Waals surface area contributed by atoms with Crippen LogP contribution in [0.4, 0.5) is 0 Å². The van der Waals surface area contributed by atoms with Crippen LogP contribution in [0.1, 0.15) is 17.4 Å². The highest BCUT2D eigenvalue weighted by Crippen LogP contribution is 2.33. The summed E-state index contributed by atoms with van der Waals surface area (Å²) in [5.74, 6) is -0.374. The number of ether oxygens (including phenoxy) is 1. The summed E-state index contributed by atoms with van der Waals surface area (Å²) in [7, 11) is 0. The van der Waals surface area contributed by atoms with E-state index in [-0.39, 0.29) is 5.97 Å². The number of hydrogen-bond donors (Lipinski definition) is 1. The van der Waals surface area contributed by atoms with Crippen LogP contribution in [0.2, 0.25) is 0 Å². The van der Waals surface area contributed by atoms with Crippen LogP contribution in [0.5, 0.6) is 0 Å². The highest BCUT2D eigenvalue weighted by atomic mass is 79.9. The van der Waals surface area contributed by atoms with Crippen molar-refractivity contribution in [1.82, 2.24) is 4.98 Å². The van der Waals surface area contributed by atoms with E-state index in [1.807, 2.05) is 0 Å². The zero-order valence-corrected chi connectivity index (χ0v) is 11.4. The molecule has 0 bridgehead atoms. The van der Waals surface area contributed by atoms with E-state index in [2.05, 4.69) is 52.8 Å². The van der Waals surface area contributed by atoms with Gasteiger partial charge in [-0.2, -0.15) is 0 Å². The highest BCUT2D eigenvalue weighted by Gasteiger charge is 2.18. The number of carbonyl (C=O) groups is 1. The largest absolute Gasteiger partial charge is 0.461 e. The van der Waals surface area contributed by atoms with E-state index < -0.39 is 0 Å². The zero-order chi connectivity index (χ0) is 10.0. The molecule has 0 saturated carbocycles. The van der Waals surface area contributed by atoms with E-state index in [0.717, 1.165) is 4.47 Å². The van der Waals surface area contributed by atoms with Crippen molar-refractivity contribution in [2.24, 2.45) is 0 Å². The van der Waals surface area contributed by atoms with Gasteiger partial charge in [0.1, 0.15) is 5.69 Å². The molecule has 0 aliphatic heterocycles. The molecule has 6 heteroatoms. The monoisotopic (exact) mass is 373 g/mol. The minimum Gasteiger partial charge on any atom is -0.461 e. The lowest BCUT2D eigenvalue weighted by molar-refractivity contribution is 0.0519. The van der Waals surface area contributed by atoms with Gasteiger partial charge in [-0.25, -0.2) is 4.79 Å². The van der Waals surface area contributed by atoms with Crippen molar-refractivity contribution in [2.45, 2.75) is 6.92 Å². The first kappa shape index (κ1) is 11.3. The molecule has 13 heavy (non-hydrogen) atoms. The molecular weight excluding hydrogens is 370 g/mol. The quantitative estimate of drug-likeness (QED) is 0.804. The first-order chi connectivity index (χ1) is 6.07. The molecule has 0 amide bonds. The molecule has 1 rings (SSSR count).